The Morgan fingerprint density at radius 3 is 2.58 bits per heavy atom. The van der Waals surface area contributed by atoms with E-state index in [1.807, 2.05) is 80.6 Å². The normalized spacial score (nSPS) is 16.5. The zero-order valence-electron chi connectivity index (χ0n) is 14.6. The molecule has 0 atom stereocenters. The quantitative estimate of drug-likeness (QED) is 0.510. The number of thiocarbonyl (C=S) groups is 1. The summed E-state index contributed by atoms with van der Waals surface area (Å²) in [5.74, 6) is 0.539. The molecule has 0 aromatic heterocycles. The average Bonchev–Trinajstić information content (AvgIpc) is 2.90. The Bertz CT molecular complexity index is 888. The fraction of sp³-hybridized carbons (Fsp3) is 0.143. The largest absolute Gasteiger partial charge is 0.492 e. The van der Waals surface area contributed by atoms with Crippen molar-refractivity contribution in [3.63, 3.8) is 0 Å². The van der Waals surface area contributed by atoms with Crippen molar-refractivity contribution in [1.82, 2.24) is 0 Å². The Balaban J connectivity index is 1.89. The van der Waals surface area contributed by atoms with Gasteiger partial charge in [0.05, 0.1) is 17.2 Å². The van der Waals surface area contributed by atoms with Crippen LogP contribution in [0.2, 0.25) is 0 Å². The van der Waals surface area contributed by atoms with Crippen LogP contribution in [0.5, 0.6) is 5.75 Å². The van der Waals surface area contributed by atoms with Gasteiger partial charge in [0, 0.05) is 0 Å². The molecule has 2 aromatic carbocycles. The Morgan fingerprint density at radius 2 is 1.85 bits per heavy atom. The van der Waals surface area contributed by atoms with E-state index in [9.17, 15) is 4.79 Å². The first kappa shape index (κ1) is 18.4. The zero-order valence-corrected chi connectivity index (χ0v) is 16.3. The number of nitrogens with zero attached hydrogens (tertiary/aromatic N) is 1. The number of allylic oxidation sites excluding steroid dienone is 2. The van der Waals surface area contributed by atoms with Crippen molar-refractivity contribution >= 4 is 46.0 Å². The summed E-state index contributed by atoms with van der Waals surface area (Å²) in [6.45, 7) is 4.42. The summed E-state index contributed by atoms with van der Waals surface area (Å²) < 4.78 is 6.16. The lowest BCUT2D eigenvalue weighted by atomic mass is 10.1. The van der Waals surface area contributed by atoms with Crippen LogP contribution in [-0.4, -0.2) is 16.8 Å². The van der Waals surface area contributed by atoms with Crippen molar-refractivity contribution in [1.29, 1.82) is 0 Å². The molecule has 1 aliphatic rings. The number of thioether (sulfide) groups is 1. The Hall–Kier alpha value is -2.37. The summed E-state index contributed by atoms with van der Waals surface area (Å²) in [4.78, 5) is 15.1. The fourth-order valence-corrected chi connectivity index (χ4v) is 3.99. The summed E-state index contributed by atoms with van der Waals surface area (Å²) in [7, 11) is 0. The van der Waals surface area contributed by atoms with Gasteiger partial charge in [-0.1, -0.05) is 72.5 Å². The standard InChI is InChI=1S/C21H19NO2S2/c1-3-24-18-12-8-7-11-17(18)22-20(23)19(26-21(22)25)14-15(2)13-16-9-5-4-6-10-16/h4-14H,3H2,1-2H3/b15-13+,19-14+. The second-order valence-electron chi connectivity index (χ2n) is 5.72. The van der Waals surface area contributed by atoms with E-state index in [1.165, 1.54) is 11.8 Å². The molecule has 0 radical (unpaired) electrons. The van der Waals surface area contributed by atoms with Crippen molar-refractivity contribution in [3.8, 4) is 5.75 Å². The van der Waals surface area contributed by atoms with E-state index in [1.54, 1.807) is 4.90 Å². The maximum absolute atomic E-state index is 12.9. The minimum Gasteiger partial charge on any atom is -0.492 e. The molecular formula is C21H19NO2S2. The molecular weight excluding hydrogens is 362 g/mol. The number of ether oxygens (including phenoxy) is 1. The summed E-state index contributed by atoms with van der Waals surface area (Å²) in [5.41, 5.74) is 2.78. The fourth-order valence-electron chi connectivity index (χ4n) is 2.66. The number of benzene rings is 2. The van der Waals surface area contributed by atoms with Gasteiger partial charge < -0.3 is 4.74 Å². The Morgan fingerprint density at radius 1 is 1.15 bits per heavy atom. The molecule has 3 nitrogen and oxygen atoms in total. The van der Waals surface area contributed by atoms with Crippen LogP contribution in [0.15, 0.2) is 71.2 Å². The highest BCUT2D eigenvalue weighted by molar-refractivity contribution is 8.27. The van der Waals surface area contributed by atoms with Crippen molar-refractivity contribution in [2.75, 3.05) is 11.5 Å². The molecule has 1 amide bonds. The van der Waals surface area contributed by atoms with Crippen LogP contribution in [0.3, 0.4) is 0 Å². The molecule has 0 bridgehead atoms. The first-order valence-electron chi connectivity index (χ1n) is 8.33. The molecule has 0 saturated carbocycles. The highest BCUT2D eigenvalue weighted by Gasteiger charge is 2.34. The number of carbonyl (C=O) groups excluding carboxylic acids is 1. The maximum atomic E-state index is 12.9. The van der Waals surface area contributed by atoms with Crippen LogP contribution in [0.4, 0.5) is 5.69 Å². The molecule has 1 aliphatic heterocycles. The van der Waals surface area contributed by atoms with Gasteiger partial charge in [0.15, 0.2) is 4.32 Å². The van der Waals surface area contributed by atoms with Crippen LogP contribution in [-0.2, 0) is 4.79 Å². The van der Waals surface area contributed by atoms with E-state index in [0.29, 0.717) is 27.3 Å². The molecule has 0 N–H and O–H groups in total. The lowest BCUT2D eigenvalue weighted by molar-refractivity contribution is -0.113. The van der Waals surface area contributed by atoms with E-state index in [4.69, 9.17) is 17.0 Å². The van der Waals surface area contributed by atoms with Crippen LogP contribution >= 0.6 is 24.0 Å². The molecule has 0 spiro atoms. The van der Waals surface area contributed by atoms with Gasteiger partial charge in [0.1, 0.15) is 5.75 Å². The second kappa shape index (κ2) is 8.34. The third-order valence-electron chi connectivity index (χ3n) is 3.75. The molecule has 132 valence electrons. The first-order valence-corrected chi connectivity index (χ1v) is 9.55. The van der Waals surface area contributed by atoms with E-state index >= 15 is 0 Å². The highest BCUT2D eigenvalue weighted by atomic mass is 32.2. The Kier molecular flexibility index (Phi) is 5.91. The van der Waals surface area contributed by atoms with E-state index in [0.717, 1.165) is 11.1 Å². The minimum absolute atomic E-state index is 0.118. The lowest BCUT2D eigenvalue weighted by Gasteiger charge is -2.18. The van der Waals surface area contributed by atoms with Crippen LogP contribution in [0.25, 0.3) is 6.08 Å². The van der Waals surface area contributed by atoms with Gasteiger partial charge in [-0.15, -0.1) is 0 Å². The highest BCUT2D eigenvalue weighted by Crippen LogP contribution is 2.39. The molecule has 26 heavy (non-hydrogen) atoms. The predicted octanol–water partition coefficient (Wildman–Crippen LogP) is 5.44. The van der Waals surface area contributed by atoms with Crippen molar-refractivity contribution < 1.29 is 9.53 Å². The molecule has 1 heterocycles. The summed E-state index contributed by atoms with van der Waals surface area (Å²) in [6, 6.07) is 17.5. The summed E-state index contributed by atoms with van der Waals surface area (Å²) in [5, 5.41) is 0. The molecule has 1 saturated heterocycles. The number of anilines is 1. The van der Waals surface area contributed by atoms with Gasteiger partial charge in [-0.2, -0.15) is 0 Å². The summed E-state index contributed by atoms with van der Waals surface area (Å²) in [6.07, 6.45) is 3.93. The molecule has 0 unspecified atom stereocenters. The van der Waals surface area contributed by atoms with E-state index < -0.39 is 0 Å². The number of para-hydroxylation sites is 2. The van der Waals surface area contributed by atoms with E-state index in [-0.39, 0.29) is 5.91 Å². The number of amides is 1. The van der Waals surface area contributed by atoms with Gasteiger partial charge in [-0.25, -0.2) is 0 Å². The van der Waals surface area contributed by atoms with E-state index in [2.05, 4.69) is 0 Å². The first-order chi connectivity index (χ1) is 12.6. The van der Waals surface area contributed by atoms with Crippen LogP contribution in [0.1, 0.15) is 19.4 Å². The second-order valence-corrected chi connectivity index (χ2v) is 7.39. The number of carbonyl (C=O) groups is 1. The predicted molar refractivity (Wildman–Crippen MR) is 113 cm³/mol. The number of hydrogen-bond donors (Lipinski definition) is 0. The number of hydrogen-bond acceptors (Lipinski definition) is 4. The van der Waals surface area contributed by atoms with Gasteiger partial charge in [-0.3, -0.25) is 9.69 Å². The van der Waals surface area contributed by atoms with Gasteiger partial charge in [0.2, 0.25) is 0 Å². The molecule has 5 heteroatoms. The van der Waals surface area contributed by atoms with Gasteiger partial charge in [-0.05, 0) is 43.2 Å². The SMILES string of the molecule is CCOc1ccccc1N1C(=O)/C(=C\C(C)=C\c2ccccc2)SC1=S. The van der Waals surface area contributed by atoms with Crippen molar-refractivity contribution in [3.05, 3.63) is 76.7 Å². The molecule has 2 aromatic rings. The topological polar surface area (TPSA) is 29.5 Å². The Labute approximate surface area is 163 Å². The summed E-state index contributed by atoms with van der Waals surface area (Å²) >= 11 is 6.77. The molecule has 0 aliphatic carbocycles. The lowest BCUT2D eigenvalue weighted by Crippen LogP contribution is -2.28. The third kappa shape index (κ3) is 4.06. The average molecular weight is 382 g/mol. The van der Waals surface area contributed by atoms with Gasteiger partial charge >= 0.3 is 0 Å². The van der Waals surface area contributed by atoms with Crippen molar-refractivity contribution in [2.45, 2.75) is 13.8 Å². The smallest absolute Gasteiger partial charge is 0.270 e. The van der Waals surface area contributed by atoms with Crippen LogP contribution in [0, 0.1) is 0 Å². The minimum atomic E-state index is -0.118. The monoisotopic (exact) mass is 381 g/mol. The molecule has 1 fully saturated rings. The van der Waals surface area contributed by atoms with Gasteiger partial charge in [0.25, 0.3) is 5.91 Å². The number of rotatable bonds is 5. The maximum Gasteiger partial charge on any atom is 0.270 e. The molecule has 3 rings (SSSR count). The van der Waals surface area contributed by atoms with Crippen LogP contribution < -0.4 is 9.64 Å². The third-order valence-corrected chi connectivity index (χ3v) is 5.05. The van der Waals surface area contributed by atoms with Crippen molar-refractivity contribution in [2.24, 2.45) is 0 Å². The zero-order chi connectivity index (χ0) is 18.5.